The number of nitrogens with one attached hydrogen (secondary N) is 1. The lowest BCUT2D eigenvalue weighted by Gasteiger charge is -2.18. The van der Waals surface area contributed by atoms with E-state index < -0.39 is 0 Å². The van der Waals surface area contributed by atoms with Crippen molar-refractivity contribution in [2.45, 2.75) is 38.6 Å². The van der Waals surface area contributed by atoms with E-state index in [4.69, 9.17) is 5.11 Å². The lowest BCUT2D eigenvalue weighted by molar-refractivity contribution is 0.0948. The Morgan fingerprint density at radius 3 is 2.78 bits per heavy atom. The van der Waals surface area contributed by atoms with Crippen molar-refractivity contribution in [3.05, 3.63) is 34.9 Å². The molecule has 0 spiro atoms. The number of aliphatic hydroxyl groups is 1. The number of fused-ring (bicyclic) bond motifs is 1. The van der Waals surface area contributed by atoms with Crippen LogP contribution in [-0.2, 0) is 12.8 Å². The first-order valence-corrected chi connectivity index (χ1v) is 6.72. The molecule has 0 fully saturated rings. The Hall–Kier alpha value is -1.19. The number of aliphatic hydroxyl groups excluding tert-OH is 1. The van der Waals surface area contributed by atoms with Gasteiger partial charge in [0.1, 0.15) is 0 Å². The van der Waals surface area contributed by atoms with Gasteiger partial charge in [-0.1, -0.05) is 12.1 Å². The van der Waals surface area contributed by atoms with E-state index in [1.807, 2.05) is 19.1 Å². The first kappa shape index (κ1) is 13.2. The first-order valence-electron chi connectivity index (χ1n) is 6.72. The molecule has 0 saturated carbocycles. The van der Waals surface area contributed by atoms with Crippen LogP contribution in [0, 0.1) is 0 Å². The van der Waals surface area contributed by atoms with Crippen molar-refractivity contribution in [3.63, 3.8) is 0 Å². The minimum Gasteiger partial charge on any atom is -0.395 e. The van der Waals surface area contributed by atoms with Gasteiger partial charge in [0.2, 0.25) is 0 Å². The number of ketones is 1. The van der Waals surface area contributed by atoms with Crippen LogP contribution in [0.2, 0.25) is 0 Å². The van der Waals surface area contributed by atoms with Crippen LogP contribution in [0.4, 0.5) is 0 Å². The Morgan fingerprint density at radius 1 is 1.33 bits per heavy atom. The van der Waals surface area contributed by atoms with Crippen molar-refractivity contribution in [1.82, 2.24) is 5.32 Å². The monoisotopic (exact) mass is 247 g/mol. The molecule has 2 N–H and O–H groups in total. The second-order valence-corrected chi connectivity index (χ2v) is 4.95. The summed E-state index contributed by atoms with van der Waals surface area (Å²) in [6, 6.07) is 5.84. The maximum absolute atomic E-state index is 12.2. The number of Topliss-reactive ketones (excluding diaryl/α,β-unsaturated/α-hetero) is 1. The van der Waals surface area contributed by atoms with Gasteiger partial charge in [-0.25, -0.2) is 0 Å². The molecule has 0 amide bonds. The minimum atomic E-state index is -0.237. The van der Waals surface area contributed by atoms with Gasteiger partial charge in [-0.05, 0) is 49.8 Å². The van der Waals surface area contributed by atoms with Crippen LogP contribution in [0.1, 0.15) is 41.3 Å². The number of hydrogen-bond donors (Lipinski definition) is 2. The fourth-order valence-electron chi connectivity index (χ4n) is 2.51. The summed E-state index contributed by atoms with van der Waals surface area (Å²) in [6.07, 6.45) is 4.72. The average Bonchev–Trinajstić information content (AvgIpc) is 2.43. The summed E-state index contributed by atoms with van der Waals surface area (Å²) in [5, 5.41) is 11.8. The standard InChI is InChI=1S/C15H21NO2/c1-11(16-8-9-17)15(18)14-7-6-12-4-2-3-5-13(12)10-14/h6-7,10-11,16-17H,2-5,8-9H2,1H3. The fourth-order valence-corrected chi connectivity index (χ4v) is 2.51. The predicted molar refractivity (Wildman–Crippen MR) is 72.0 cm³/mol. The molecule has 18 heavy (non-hydrogen) atoms. The highest BCUT2D eigenvalue weighted by Gasteiger charge is 2.17. The van der Waals surface area contributed by atoms with Crippen LogP contribution in [0.15, 0.2) is 18.2 Å². The zero-order valence-electron chi connectivity index (χ0n) is 10.9. The Morgan fingerprint density at radius 2 is 2.06 bits per heavy atom. The molecule has 1 aromatic carbocycles. The number of aryl methyl sites for hydroxylation is 2. The Kier molecular flexibility index (Phi) is 4.50. The smallest absolute Gasteiger partial charge is 0.179 e. The van der Waals surface area contributed by atoms with E-state index in [-0.39, 0.29) is 18.4 Å². The fraction of sp³-hybridized carbons (Fsp3) is 0.533. The van der Waals surface area contributed by atoms with Crippen LogP contribution in [-0.4, -0.2) is 30.1 Å². The van der Waals surface area contributed by atoms with Gasteiger partial charge in [-0.3, -0.25) is 4.79 Å². The molecule has 1 atom stereocenters. The summed E-state index contributed by atoms with van der Waals surface area (Å²) >= 11 is 0. The molecular formula is C15H21NO2. The molecular weight excluding hydrogens is 226 g/mol. The quantitative estimate of drug-likeness (QED) is 0.779. The highest BCUT2D eigenvalue weighted by atomic mass is 16.3. The van der Waals surface area contributed by atoms with E-state index in [9.17, 15) is 4.79 Å². The van der Waals surface area contributed by atoms with E-state index in [1.165, 1.54) is 24.0 Å². The van der Waals surface area contributed by atoms with E-state index in [2.05, 4.69) is 11.4 Å². The van der Waals surface area contributed by atoms with Gasteiger partial charge in [0.15, 0.2) is 5.78 Å². The molecule has 0 saturated heterocycles. The maximum Gasteiger partial charge on any atom is 0.179 e. The predicted octanol–water partition coefficient (Wildman–Crippen LogP) is 1.72. The zero-order chi connectivity index (χ0) is 13.0. The molecule has 0 bridgehead atoms. The number of benzene rings is 1. The SMILES string of the molecule is CC(NCCO)C(=O)c1ccc2c(c1)CCCC2. The van der Waals surface area contributed by atoms with Crippen LogP contribution in [0.3, 0.4) is 0 Å². The summed E-state index contributed by atoms with van der Waals surface area (Å²) < 4.78 is 0. The molecule has 2 rings (SSSR count). The van der Waals surface area contributed by atoms with E-state index in [0.717, 1.165) is 18.4 Å². The minimum absolute atomic E-state index is 0.0573. The lowest BCUT2D eigenvalue weighted by atomic mass is 9.89. The molecule has 1 aromatic rings. The summed E-state index contributed by atoms with van der Waals surface area (Å²) in [6.45, 7) is 2.36. The second kappa shape index (κ2) is 6.12. The molecule has 0 heterocycles. The first-order chi connectivity index (χ1) is 8.72. The third kappa shape index (κ3) is 2.98. The molecule has 0 radical (unpaired) electrons. The van der Waals surface area contributed by atoms with Gasteiger partial charge in [-0.2, -0.15) is 0 Å². The molecule has 3 nitrogen and oxygen atoms in total. The van der Waals surface area contributed by atoms with Gasteiger partial charge >= 0.3 is 0 Å². The van der Waals surface area contributed by atoms with Crippen molar-refractivity contribution < 1.29 is 9.90 Å². The van der Waals surface area contributed by atoms with Gasteiger partial charge in [0.05, 0.1) is 12.6 Å². The Bertz CT molecular complexity index is 429. The average molecular weight is 247 g/mol. The highest BCUT2D eigenvalue weighted by molar-refractivity contribution is 6.00. The van der Waals surface area contributed by atoms with Crippen molar-refractivity contribution in [2.75, 3.05) is 13.2 Å². The third-order valence-corrected chi connectivity index (χ3v) is 3.59. The number of carbonyl (C=O) groups is 1. The van der Waals surface area contributed by atoms with Crippen LogP contribution >= 0.6 is 0 Å². The van der Waals surface area contributed by atoms with Crippen molar-refractivity contribution in [1.29, 1.82) is 0 Å². The van der Waals surface area contributed by atoms with E-state index in [0.29, 0.717) is 6.54 Å². The third-order valence-electron chi connectivity index (χ3n) is 3.59. The molecule has 1 unspecified atom stereocenters. The molecule has 0 aliphatic heterocycles. The largest absolute Gasteiger partial charge is 0.395 e. The molecule has 98 valence electrons. The van der Waals surface area contributed by atoms with E-state index in [1.54, 1.807) is 0 Å². The van der Waals surface area contributed by atoms with Crippen molar-refractivity contribution in [3.8, 4) is 0 Å². The number of carbonyl (C=O) groups excluding carboxylic acids is 1. The van der Waals surface area contributed by atoms with E-state index >= 15 is 0 Å². The summed E-state index contributed by atoms with van der Waals surface area (Å²) in [7, 11) is 0. The van der Waals surface area contributed by atoms with Crippen molar-refractivity contribution in [2.24, 2.45) is 0 Å². The van der Waals surface area contributed by atoms with Crippen LogP contribution in [0.25, 0.3) is 0 Å². The topological polar surface area (TPSA) is 49.3 Å². The zero-order valence-corrected chi connectivity index (χ0v) is 10.9. The maximum atomic E-state index is 12.2. The second-order valence-electron chi connectivity index (χ2n) is 4.95. The summed E-state index contributed by atoms with van der Waals surface area (Å²) in [4.78, 5) is 12.2. The molecule has 3 heteroatoms. The van der Waals surface area contributed by atoms with Gasteiger partial charge in [0, 0.05) is 12.1 Å². The van der Waals surface area contributed by atoms with Gasteiger partial charge < -0.3 is 10.4 Å². The van der Waals surface area contributed by atoms with Gasteiger partial charge in [-0.15, -0.1) is 0 Å². The summed E-state index contributed by atoms with van der Waals surface area (Å²) in [5.74, 6) is 0.108. The lowest BCUT2D eigenvalue weighted by Crippen LogP contribution is -2.35. The summed E-state index contributed by atoms with van der Waals surface area (Å²) in [5.41, 5.74) is 3.52. The van der Waals surface area contributed by atoms with Crippen molar-refractivity contribution >= 4 is 5.78 Å². The number of hydrogen-bond acceptors (Lipinski definition) is 3. The number of rotatable bonds is 5. The highest BCUT2D eigenvalue weighted by Crippen LogP contribution is 2.22. The van der Waals surface area contributed by atoms with Gasteiger partial charge in [0.25, 0.3) is 0 Å². The van der Waals surface area contributed by atoms with Crippen LogP contribution < -0.4 is 5.32 Å². The molecule has 0 aromatic heterocycles. The molecule has 1 aliphatic rings. The Balaban J connectivity index is 2.10. The normalized spacial score (nSPS) is 16.1. The van der Waals surface area contributed by atoms with Crippen LogP contribution in [0.5, 0.6) is 0 Å². The molecule has 1 aliphatic carbocycles. The Labute approximate surface area is 108 Å².